The zero-order chi connectivity index (χ0) is 42.2. The quantitative estimate of drug-likeness (QED) is 0.144. The summed E-state index contributed by atoms with van der Waals surface area (Å²) in [6.07, 6.45) is 1.83. The van der Waals surface area contributed by atoms with Crippen molar-refractivity contribution in [2.24, 2.45) is 0 Å². The van der Waals surface area contributed by atoms with E-state index in [2.05, 4.69) is 135 Å². The van der Waals surface area contributed by atoms with Crippen LogP contribution in [0.3, 0.4) is 0 Å². The van der Waals surface area contributed by atoms with E-state index < -0.39 is 0 Å². The van der Waals surface area contributed by atoms with Crippen LogP contribution >= 0.6 is 22.7 Å². The summed E-state index contributed by atoms with van der Waals surface area (Å²) in [4.78, 5) is 34.1. The molecule has 61 heavy (non-hydrogen) atoms. The van der Waals surface area contributed by atoms with Crippen molar-refractivity contribution in [2.75, 3.05) is 10.6 Å². The molecule has 6 aromatic carbocycles. The molecule has 0 spiro atoms. The number of aromatic nitrogens is 2. The molecule has 2 aromatic heterocycles. The summed E-state index contributed by atoms with van der Waals surface area (Å²) in [6.45, 7) is 12.7. The topological polar surface area (TPSA) is 84.0 Å². The Morgan fingerprint density at radius 1 is 0.459 bits per heavy atom. The van der Waals surface area contributed by atoms with Crippen molar-refractivity contribution in [3.8, 4) is 22.5 Å². The van der Waals surface area contributed by atoms with Crippen LogP contribution in [0.15, 0.2) is 144 Å². The Bertz CT molecular complexity index is 2500. The number of rotatable bonds is 10. The molecule has 0 radical (unpaired) electrons. The number of nitrogens with one attached hydrogen (secondary N) is 2. The van der Waals surface area contributed by atoms with Gasteiger partial charge in [-0.2, -0.15) is 0 Å². The number of anilines is 2. The fraction of sp³-hybridized carbons (Fsp3) is 0.170. The van der Waals surface area contributed by atoms with Gasteiger partial charge in [-0.15, -0.1) is 22.7 Å². The van der Waals surface area contributed by atoms with E-state index in [9.17, 15) is 9.59 Å². The Labute approximate surface area is 368 Å². The van der Waals surface area contributed by atoms with Gasteiger partial charge in [-0.25, -0.2) is 9.97 Å². The van der Waals surface area contributed by atoms with E-state index in [1.807, 2.05) is 47.2 Å². The van der Waals surface area contributed by atoms with Crippen molar-refractivity contribution in [2.45, 2.75) is 61.8 Å². The second-order valence-corrected chi connectivity index (χ2v) is 17.0. The van der Waals surface area contributed by atoms with Gasteiger partial charge in [0.05, 0.1) is 11.4 Å². The van der Waals surface area contributed by atoms with E-state index in [1.165, 1.54) is 78.3 Å². The molecule has 0 aliphatic heterocycles. The SMILES string of the molecule is C.Cc1ccc(Cc2cc(C)c(-c3csc(NC(=O)c4ccccc4)n3)c(C)c2)cc1.Cc1ccc(Cc2cc(C)c(-c3csc(NC(=O)c4ccccc4)n3)c(C)c2)cc1. The number of nitrogens with zero attached hydrogens (tertiary/aromatic N) is 2. The molecule has 0 bridgehead atoms. The number of thiazole rings is 2. The van der Waals surface area contributed by atoms with Gasteiger partial charge in [-0.3, -0.25) is 20.2 Å². The minimum atomic E-state index is -0.140. The van der Waals surface area contributed by atoms with E-state index in [1.54, 1.807) is 24.3 Å². The number of carbonyl (C=O) groups excluding carboxylic acids is 2. The summed E-state index contributed by atoms with van der Waals surface area (Å²) in [5.41, 5.74) is 17.9. The summed E-state index contributed by atoms with van der Waals surface area (Å²) in [5, 5.41) is 11.1. The first kappa shape index (κ1) is 44.1. The van der Waals surface area contributed by atoms with Crippen LogP contribution in [0.4, 0.5) is 10.3 Å². The Morgan fingerprint density at radius 2 is 0.787 bits per heavy atom. The molecule has 0 aliphatic carbocycles. The zero-order valence-corrected chi connectivity index (χ0v) is 36.4. The summed E-state index contributed by atoms with van der Waals surface area (Å²) < 4.78 is 0. The van der Waals surface area contributed by atoms with Gasteiger partial charge in [0.1, 0.15) is 0 Å². The van der Waals surface area contributed by atoms with Gasteiger partial charge in [0.15, 0.2) is 10.3 Å². The predicted octanol–water partition coefficient (Wildman–Crippen LogP) is 13.8. The lowest BCUT2D eigenvalue weighted by Crippen LogP contribution is -2.11. The van der Waals surface area contributed by atoms with Gasteiger partial charge in [-0.1, -0.05) is 128 Å². The third-order valence-electron chi connectivity index (χ3n) is 10.3. The molecule has 0 fully saturated rings. The van der Waals surface area contributed by atoms with Crippen LogP contribution in [0.25, 0.3) is 22.5 Å². The van der Waals surface area contributed by atoms with Crippen molar-refractivity contribution < 1.29 is 9.59 Å². The second-order valence-electron chi connectivity index (χ2n) is 15.3. The first-order chi connectivity index (χ1) is 29.0. The van der Waals surface area contributed by atoms with E-state index in [0.717, 1.165) is 35.4 Å². The van der Waals surface area contributed by atoms with Crippen molar-refractivity contribution in [1.29, 1.82) is 0 Å². The summed E-state index contributed by atoms with van der Waals surface area (Å²) in [7, 11) is 0. The Balaban J connectivity index is 0.000000201. The van der Waals surface area contributed by atoms with Gasteiger partial charge < -0.3 is 0 Å². The maximum absolute atomic E-state index is 12.4. The Morgan fingerprint density at radius 3 is 1.11 bits per heavy atom. The number of carbonyl (C=O) groups is 2. The van der Waals surface area contributed by atoms with E-state index in [0.29, 0.717) is 21.4 Å². The van der Waals surface area contributed by atoms with Crippen LogP contribution in [0, 0.1) is 41.5 Å². The zero-order valence-electron chi connectivity index (χ0n) is 34.8. The van der Waals surface area contributed by atoms with Gasteiger partial charge in [-0.05, 0) is 123 Å². The second kappa shape index (κ2) is 20.2. The van der Waals surface area contributed by atoms with Crippen LogP contribution in [-0.2, 0) is 12.8 Å². The molecule has 6 nitrogen and oxygen atoms in total. The van der Waals surface area contributed by atoms with Crippen molar-refractivity contribution >= 4 is 44.8 Å². The normalized spacial score (nSPS) is 10.6. The molecule has 0 aliphatic rings. The molecule has 8 rings (SSSR count). The lowest BCUT2D eigenvalue weighted by Gasteiger charge is -2.11. The monoisotopic (exact) mass is 840 g/mol. The average Bonchev–Trinajstić information content (AvgIpc) is 3.89. The molecular formula is C53H52N4O2S2. The summed E-state index contributed by atoms with van der Waals surface area (Å²) in [6, 6.07) is 44.7. The molecule has 0 atom stereocenters. The third kappa shape index (κ3) is 11.4. The smallest absolute Gasteiger partial charge is 0.257 e. The number of amides is 2. The minimum absolute atomic E-state index is 0. The summed E-state index contributed by atoms with van der Waals surface area (Å²) >= 11 is 2.90. The summed E-state index contributed by atoms with van der Waals surface area (Å²) in [5.74, 6) is -0.281. The maximum atomic E-state index is 12.4. The Hall–Kier alpha value is -6.48. The van der Waals surface area contributed by atoms with Gasteiger partial charge in [0.25, 0.3) is 11.8 Å². The molecular weight excluding hydrogens is 789 g/mol. The highest BCUT2D eigenvalue weighted by Crippen LogP contribution is 2.33. The van der Waals surface area contributed by atoms with Crippen LogP contribution in [0.2, 0.25) is 0 Å². The first-order valence-electron chi connectivity index (χ1n) is 19.9. The third-order valence-corrected chi connectivity index (χ3v) is 11.8. The molecule has 2 heterocycles. The minimum Gasteiger partial charge on any atom is -0.298 e. The van der Waals surface area contributed by atoms with Crippen LogP contribution in [-0.4, -0.2) is 21.8 Å². The predicted molar refractivity (Wildman–Crippen MR) is 258 cm³/mol. The van der Waals surface area contributed by atoms with Crippen LogP contribution in [0.1, 0.15) is 83.8 Å². The van der Waals surface area contributed by atoms with Crippen LogP contribution in [0.5, 0.6) is 0 Å². The fourth-order valence-corrected chi connectivity index (χ4v) is 8.80. The van der Waals surface area contributed by atoms with Crippen molar-refractivity contribution in [3.63, 3.8) is 0 Å². The van der Waals surface area contributed by atoms with E-state index >= 15 is 0 Å². The number of benzene rings is 6. The van der Waals surface area contributed by atoms with Gasteiger partial charge in [0, 0.05) is 33.0 Å². The van der Waals surface area contributed by atoms with E-state index in [-0.39, 0.29) is 19.2 Å². The number of aryl methyl sites for hydroxylation is 6. The van der Waals surface area contributed by atoms with E-state index in [4.69, 9.17) is 0 Å². The highest BCUT2D eigenvalue weighted by molar-refractivity contribution is 7.14. The fourth-order valence-electron chi connectivity index (χ4n) is 7.41. The molecule has 308 valence electrons. The molecule has 0 unspecified atom stereocenters. The lowest BCUT2D eigenvalue weighted by atomic mass is 9.94. The standard InChI is InChI=1S/2C26H24N2OS.CH4/c2*1-17-9-11-20(12-10-17)15-21-13-18(2)24(19(3)14-21)23-16-30-26(27-23)28-25(29)22-7-5-4-6-8-22;/h2*4-14,16H,15H2,1-3H3,(H,27,28,29);1H4. The molecule has 8 aromatic rings. The van der Waals surface area contributed by atoms with Crippen LogP contribution < -0.4 is 10.6 Å². The number of hydrogen-bond donors (Lipinski definition) is 2. The maximum Gasteiger partial charge on any atom is 0.257 e. The molecule has 2 amide bonds. The van der Waals surface area contributed by atoms with Gasteiger partial charge >= 0.3 is 0 Å². The highest BCUT2D eigenvalue weighted by atomic mass is 32.1. The molecule has 2 N–H and O–H groups in total. The van der Waals surface area contributed by atoms with Crippen molar-refractivity contribution in [1.82, 2.24) is 9.97 Å². The lowest BCUT2D eigenvalue weighted by molar-refractivity contribution is 0.101. The molecule has 8 heteroatoms. The first-order valence-corrected chi connectivity index (χ1v) is 21.7. The number of hydrogen-bond acceptors (Lipinski definition) is 6. The van der Waals surface area contributed by atoms with Gasteiger partial charge in [0.2, 0.25) is 0 Å². The van der Waals surface area contributed by atoms with Crippen molar-refractivity contribution in [3.05, 3.63) is 211 Å². The molecule has 0 saturated carbocycles. The largest absolute Gasteiger partial charge is 0.298 e. The molecule has 0 saturated heterocycles. The average molecular weight is 841 g/mol. The Kier molecular flexibility index (Phi) is 14.6. The highest BCUT2D eigenvalue weighted by Gasteiger charge is 2.16.